The van der Waals surface area contributed by atoms with Crippen LogP contribution in [0.15, 0.2) is 47.6 Å². The number of hydrazone groups is 1. The lowest BCUT2D eigenvalue weighted by molar-refractivity contribution is -0.255. The van der Waals surface area contributed by atoms with Gasteiger partial charge in [-0.3, -0.25) is 4.79 Å². The van der Waals surface area contributed by atoms with Crippen LogP contribution in [0.4, 0.5) is 0 Å². The number of amides is 1. The SMILES string of the molecule is CC(C)(C)c1ccc2c(c1)O[C@H](C(=O)N/N=C/c1ccc(C(=O)[O-])cc1)CO2. The molecule has 7 nitrogen and oxygen atoms in total. The lowest BCUT2D eigenvalue weighted by Gasteiger charge is -2.27. The van der Waals surface area contributed by atoms with Gasteiger partial charge in [0.05, 0.1) is 12.2 Å². The number of nitrogens with zero attached hydrogens (tertiary/aromatic N) is 1. The van der Waals surface area contributed by atoms with Gasteiger partial charge in [0.15, 0.2) is 11.5 Å². The number of hydrogen-bond donors (Lipinski definition) is 1. The minimum Gasteiger partial charge on any atom is -0.545 e. The minimum absolute atomic E-state index is 0.0515. The van der Waals surface area contributed by atoms with E-state index in [1.807, 2.05) is 18.2 Å². The molecule has 0 unspecified atom stereocenters. The topological polar surface area (TPSA) is 100 Å². The van der Waals surface area contributed by atoms with Crippen molar-refractivity contribution in [3.63, 3.8) is 0 Å². The van der Waals surface area contributed by atoms with Crippen molar-refractivity contribution < 1.29 is 24.2 Å². The number of fused-ring (bicyclic) bond motifs is 1. The van der Waals surface area contributed by atoms with E-state index in [1.54, 1.807) is 12.1 Å². The average molecular weight is 381 g/mol. The number of ether oxygens (including phenoxy) is 2. The second-order valence-corrected chi connectivity index (χ2v) is 7.47. The number of carbonyl (C=O) groups is 2. The van der Waals surface area contributed by atoms with Crippen LogP contribution in [0.1, 0.15) is 42.3 Å². The Bertz CT molecular complexity index is 913. The summed E-state index contributed by atoms with van der Waals surface area (Å²) in [7, 11) is 0. The van der Waals surface area contributed by atoms with Crippen LogP contribution >= 0.6 is 0 Å². The van der Waals surface area contributed by atoms with Crippen molar-refractivity contribution in [2.75, 3.05) is 6.61 Å². The molecule has 1 aliphatic heterocycles. The van der Waals surface area contributed by atoms with E-state index in [0.29, 0.717) is 17.1 Å². The average Bonchev–Trinajstić information content (AvgIpc) is 2.66. The summed E-state index contributed by atoms with van der Waals surface area (Å²) in [5, 5.41) is 14.6. The van der Waals surface area contributed by atoms with Gasteiger partial charge >= 0.3 is 0 Å². The van der Waals surface area contributed by atoms with Crippen LogP contribution in [0.25, 0.3) is 0 Å². The second kappa shape index (κ2) is 7.72. The van der Waals surface area contributed by atoms with Crippen LogP contribution in [0.3, 0.4) is 0 Å². The molecule has 3 rings (SSSR count). The van der Waals surface area contributed by atoms with Gasteiger partial charge in [-0.05, 0) is 34.2 Å². The van der Waals surface area contributed by atoms with E-state index in [-0.39, 0.29) is 17.6 Å². The first-order chi connectivity index (χ1) is 13.2. The molecule has 0 aromatic heterocycles. The lowest BCUT2D eigenvalue weighted by Crippen LogP contribution is -2.42. The maximum absolute atomic E-state index is 12.3. The Morgan fingerprint density at radius 3 is 2.50 bits per heavy atom. The van der Waals surface area contributed by atoms with Crippen LogP contribution in [0.2, 0.25) is 0 Å². The summed E-state index contributed by atoms with van der Waals surface area (Å²) >= 11 is 0. The molecule has 0 saturated heterocycles. The quantitative estimate of drug-likeness (QED) is 0.641. The van der Waals surface area contributed by atoms with Gasteiger partial charge in [0, 0.05) is 0 Å². The zero-order valence-corrected chi connectivity index (χ0v) is 15.9. The molecule has 146 valence electrons. The smallest absolute Gasteiger partial charge is 0.284 e. The Morgan fingerprint density at radius 1 is 1.14 bits per heavy atom. The van der Waals surface area contributed by atoms with Crippen molar-refractivity contribution in [1.82, 2.24) is 5.43 Å². The van der Waals surface area contributed by atoms with Gasteiger partial charge in [0.2, 0.25) is 6.10 Å². The van der Waals surface area contributed by atoms with Crippen LogP contribution in [0.5, 0.6) is 11.5 Å². The number of nitrogens with one attached hydrogen (secondary N) is 1. The molecular weight excluding hydrogens is 360 g/mol. The summed E-state index contributed by atoms with van der Waals surface area (Å²) in [5.74, 6) is -0.551. The predicted octanol–water partition coefficient (Wildman–Crippen LogP) is 1.64. The van der Waals surface area contributed by atoms with Gasteiger partial charge in [-0.15, -0.1) is 0 Å². The van der Waals surface area contributed by atoms with Crippen LogP contribution < -0.4 is 20.0 Å². The molecule has 1 heterocycles. The number of carboxylic acids is 1. The number of aromatic carboxylic acids is 1. The number of benzene rings is 2. The zero-order valence-electron chi connectivity index (χ0n) is 15.9. The van der Waals surface area contributed by atoms with Crippen LogP contribution in [0, 0.1) is 0 Å². The molecule has 1 atom stereocenters. The van der Waals surface area contributed by atoms with E-state index in [9.17, 15) is 14.7 Å². The van der Waals surface area contributed by atoms with Crippen LogP contribution in [-0.2, 0) is 10.2 Å². The van der Waals surface area contributed by atoms with Crippen LogP contribution in [-0.4, -0.2) is 30.8 Å². The highest BCUT2D eigenvalue weighted by Crippen LogP contribution is 2.36. The van der Waals surface area contributed by atoms with E-state index < -0.39 is 18.0 Å². The second-order valence-electron chi connectivity index (χ2n) is 7.47. The Morgan fingerprint density at radius 2 is 1.86 bits per heavy atom. The number of hydrogen-bond acceptors (Lipinski definition) is 6. The molecule has 2 aromatic carbocycles. The Balaban J connectivity index is 1.62. The Hall–Kier alpha value is -3.35. The van der Waals surface area contributed by atoms with Crippen molar-refractivity contribution in [2.45, 2.75) is 32.3 Å². The number of carboxylic acid groups (broad SMARTS) is 1. The fraction of sp³-hybridized carbons (Fsp3) is 0.286. The zero-order chi connectivity index (χ0) is 20.3. The largest absolute Gasteiger partial charge is 0.545 e. The molecule has 1 amide bonds. The molecule has 0 spiro atoms. The first-order valence-corrected chi connectivity index (χ1v) is 8.82. The third-order valence-electron chi connectivity index (χ3n) is 4.30. The minimum atomic E-state index is -1.25. The van der Waals surface area contributed by atoms with Crippen molar-refractivity contribution in [3.05, 3.63) is 59.2 Å². The predicted molar refractivity (Wildman–Crippen MR) is 102 cm³/mol. The lowest BCUT2D eigenvalue weighted by atomic mass is 9.87. The van der Waals surface area contributed by atoms with Gasteiger partial charge in [-0.1, -0.05) is 51.1 Å². The molecule has 28 heavy (non-hydrogen) atoms. The normalized spacial score (nSPS) is 16.0. The highest BCUT2D eigenvalue weighted by molar-refractivity contribution is 5.88. The summed E-state index contributed by atoms with van der Waals surface area (Å²) in [6, 6.07) is 11.6. The summed E-state index contributed by atoms with van der Waals surface area (Å²) in [6.45, 7) is 6.37. The maximum atomic E-state index is 12.3. The summed E-state index contributed by atoms with van der Waals surface area (Å²) in [5.41, 5.74) is 4.14. The standard InChI is InChI=1S/C21H22N2O5/c1-21(2,3)15-8-9-16-17(10-15)28-18(12-27-16)19(24)23-22-11-13-4-6-14(7-5-13)20(25)26/h4-11,18H,12H2,1-3H3,(H,23,24)(H,25,26)/p-1/b22-11+/t18-/m0/s1. The number of rotatable bonds is 4. The van der Waals surface area contributed by atoms with Crippen molar-refractivity contribution in [3.8, 4) is 11.5 Å². The van der Waals surface area contributed by atoms with Crippen molar-refractivity contribution in [1.29, 1.82) is 0 Å². The van der Waals surface area contributed by atoms with E-state index in [4.69, 9.17) is 9.47 Å². The summed E-state index contributed by atoms with van der Waals surface area (Å²) < 4.78 is 11.4. The first kappa shape index (κ1) is 19.4. The third-order valence-corrected chi connectivity index (χ3v) is 4.30. The fourth-order valence-electron chi connectivity index (χ4n) is 2.62. The van der Waals surface area contributed by atoms with Gasteiger partial charge in [-0.25, -0.2) is 5.43 Å². The van der Waals surface area contributed by atoms with Gasteiger partial charge in [-0.2, -0.15) is 5.10 Å². The van der Waals surface area contributed by atoms with Crippen molar-refractivity contribution in [2.24, 2.45) is 5.10 Å². The van der Waals surface area contributed by atoms with E-state index >= 15 is 0 Å². The molecule has 0 fully saturated rings. The maximum Gasteiger partial charge on any atom is 0.284 e. The number of carbonyl (C=O) groups excluding carboxylic acids is 2. The highest BCUT2D eigenvalue weighted by atomic mass is 16.6. The highest BCUT2D eigenvalue weighted by Gasteiger charge is 2.28. The molecule has 1 aliphatic rings. The summed E-state index contributed by atoms with van der Waals surface area (Å²) in [4.78, 5) is 23.0. The van der Waals surface area contributed by atoms with Crippen molar-refractivity contribution >= 4 is 18.1 Å². The van der Waals surface area contributed by atoms with Gasteiger partial charge in [0.1, 0.15) is 6.61 Å². The van der Waals surface area contributed by atoms with Gasteiger partial charge < -0.3 is 19.4 Å². The molecule has 7 heteroatoms. The molecule has 0 radical (unpaired) electrons. The molecule has 0 bridgehead atoms. The van der Waals surface area contributed by atoms with E-state index in [1.165, 1.54) is 18.3 Å². The third kappa shape index (κ3) is 4.49. The fourth-order valence-corrected chi connectivity index (χ4v) is 2.62. The molecule has 0 saturated carbocycles. The molecule has 0 aliphatic carbocycles. The molecule has 2 aromatic rings. The van der Waals surface area contributed by atoms with E-state index in [2.05, 4.69) is 31.3 Å². The molecular formula is C21H21N2O5-. The monoisotopic (exact) mass is 381 g/mol. The Labute approximate surface area is 163 Å². The molecule has 1 N–H and O–H groups in total. The Kier molecular flexibility index (Phi) is 5.35. The van der Waals surface area contributed by atoms with Gasteiger partial charge in [0.25, 0.3) is 5.91 Å². The van der Waals surface area contributed by atoms with E-state index in [0.717, 1.165) is 5.56 Å². The summed E-state index contributed by atoms with van der Waals surface area (Å²) in [6.07, 6.45) is 0.590. The first-order valence-electron chi connectivity index (χ1n) is 8.82.